The van der Waals surface area contributed by atoms with Crippen molar-refractivity contribution >= 4 is 5.69 Å². The predicted octanol–water partition coefficient (Wildman–Crippen LogP) is 3.49. The molecular weight excluding hydrogens is 203 g/mol. The second kappa shape index (κ2) is 3.37. The highest BCUT2D eigenvalue weighted by atomic mass is 19.1. The van der Waals surface area contributed by atoms with Crippen molar-refractivity contribution < 1.29 is 4.39 Å². The van der Waals surface area contributed by atoms with Crippen LogP contribution in [0.5, 0.6) is 0 Å². The topological polar surface area (TPSA) is 17.0 Å². The van der Waals surface area contributed by atoms with Crippen molar-refractivity contribution in [2.45, 2.75) is 19.4 Å². The van der Waals surface area contributed by atoms with E-state index in [4.69, 9.17) is 0 Å². The largest absolute Gasteiger partial charge is 0.375 e. The van der Waals surface area contributed by atoms with Crippen LogP contribution < -0.4 is 5.32 Å². The van der Waals surface area contributed by atoms with Gasteiger partial charge in [-0.25, -0.2) is 4.39 Å². The summed E-state index contributed by atoms with van der Waals surface area (Å²) in [4.78, 5) is 0. The first kappa shape index (κ1) is 9.46. The molecule has 82 valence electrons. The summed E-state index contributed by atoms with van der Waals surface area (Å²) in [5.74, 6) is -0.197. The lowest BCUT2D eigenvalue weighted by Crippen LogP contribution is -2.20. The first-order valence-corrected chi connectivity index (χ1v) is 5.53. The van der Waals surface area contributed by atoms with Gasteiger partial charge in [-0.05, 0) is 36.8 Å². The summed E-state index contributed by atoms with van der Waals surface area (Å²) >= 11 is 0. The third-order valence-corrected chi connectivity index (χ3v) is 3.09. The highest BCUT2D eigenvalue weighted by Crippen LogP contribution is 2.35. The van der Waals surface area contributed by atoms with Crippen LogP contribution >= 0.6 is 0 Å². The minimum Gasteiger partial charge on any atom is -0.375 e. The van der Waals surface area contributed by atoms with E-state index in [-0.39, 0.29) is 11.9 Å². The number of fused-ring (bicyclic) bond motifs is 3. The standard InChI is InChI=1S/C13H13FN2/c1-2-10-12-4-3-7-16(12)13-6-5-9(14)8-11(13)15-10/h3-8,10,15H,2H2,1H3/t10-/m0/s1. The lowest BCUT2D eigenvalue weighted by molar-refractivity contribution is 0.623. The average molecular weight is 216 g/mol. The van der Waals surface area contributed by atoms with E-state index in [0.717, 1.165) is 17.8 Å². The van der Waals surface area contributed by atoms with E-state index < -0.39 is 0 Å². The van der Waals surface area contributed by atoms with Crippen LogP contribution in [-0.4, -0.2) is 4.57 Å². The zero-order chi connectivity index (χ0) is 11.1. The Labute approximate surface area is 93.7 Å². The number of aromatic nitrogens is 1. The van der Waals surface area contributed by atoms with E-state index in [1.165, 1.54) is 11.8 Å². The molecule has 1 N–H and O–H groups in total. The van der Waals surface area contributed by atoms with E-state index in [0.29, 0.717) is 0 Å². The van der Waals surface area contributed by atoms with E-state index in [2.05, 4.69) is 22.9 Å². The van der Waals surface area contributed by atoms with Gasteiger partial charge in [0.2, 0.25) is 0 Å². The smallest absolute Gasteiger partial charge is 0.125 e. The van der Waals surface area contributed by atoms with Gasteiger partial charge in [-0.15, -0.1) is 0 Å². The second-order valence-corrected chi connectivity index (χ2v) is 4.07. The van der Waals surface area contributed by atoms with Crippen LogP contribution in [0.3, 0.4) is 0 Å². The van der Waals surface area contributed by atoms with Crippen molar-refractivity contribution in [1.82, 2.24) is 4.57 Å². The van der Waals surface area contributed by atoms with Crippen LogP contribution in [0.2, 0.25) is 0 Å². The molecule has 0 aliphatic carbocycles. The van der Waals surface area contributed by atoms with Gasteiger partial charge in [-0.1, -0.05) is 6.92 Å². The highest BCUT2D eigenvalue weighted by molar-refractivity contribution is 5.65. The Bertz CT molecular complexity index is 530. The fourth-order valence-corrected chi connectivity index (χ4v) is 2.30. The van der Waals surface area contributed by atoms with Gasteiger partial charge in [0.1, 0.15) is 5.82 Å². The Morgan fingerprint density at radius 2 is 2.25 bits per heavy atom. The van der Waals surface area contributed by atoms with Crippen LogP contribution in [0.15, 0.2) is 36.5 Å². The molecule has 3 heteroatoms. The molecule has 0 fully saturated rings. The number of halogens is 1. The predicted molar refractivity (Wildman–Crippen MR) is 62.4 cm³/mol. The van der Waals surface area contributed by atoms with Gasteiger partial charge in [0, 0.05) is 11.9 Å². The zero-order valence-corrected chi connectivity index (χ0v) is 9.07. The van der Waals surface area contributed by atoms with E-state index in [1.54, 1.807) is 6.07 Å². The number of benzene rings is 1. The molecule has 0 amide bonds. The molecule has 0 radical (unpaired) electrons. The fraction of sp³-hybridized carbons (Fsp3) is 0.231. The summed E-state index contributed by atoms with van der Waals surface area (Å²) in [5, 5.41) is 3.37. The fourth-order valence-electron chi connectivity index (χ4n) is 2.30. The second-order valence-electron chi connectivity index (χ2n) is 4.07. The molecule has 0 unspecified atom stereocenters. The van der Waals surface area contributed by atoms with Crippen LogP contribution in [-0.2, 0) is 0 Å². The van der Waals surface area contributed by atoms with Gasteiger partial charge < -0.3 is 9.88 Å². The summed E-state index contributed by atoms with van der Waals surface area (Å²) < 4.78 is 15.3. The molecule has 0 bridgehead atoms. The number of hydrogen-bond acceptors (Lipinski definition) is 1. The summed E-state index contributed by atoms with van der Waals surface area (Å²) in [6, 6.07) is 9.26. The Kier molecular flexibility index (Phi) is 1.99. The van der Waals surface area contributed by atoms with Crippen LogP contribution in [0.1, 0.15) is 25.1 Å². The molecule has 2 heterocycles. The average Bonchev–Trinajstić information content (AvgIpc) is 2.76. The van der Waals surface area contributed by atoms with Crippen molar-refractivity contribution in [3.8, 4) is 5.69 Å². The van der Waals surface area contributed by atoms with Crippen LogP contribution in [0, 0.1) is 5.82 Å². The molecular formula is C13H13FN2. The quantitative estimate of drug-likeness (QED) is 0.772. The zero-order valence-electron chi connectivity index (χ0n) is 9.07. The maximum Gasteiger partial charge on any atom is 0.125 e. The summed E-state index contributed by atoms with van der Waals surface area (Å²) in [5.41, 5.74) is 3.13. The van der Waals surface area contributed by atoms with Crippen molar-refractivity contribution in [3.63, 3.8) is 0 Å². The Balaban J connectivity index is 2.21. The third kappa shape index (κ3) is 1.24. The molecule has 2 nitrogen and oxygen atoms in total. The van der Waals surface area contributed by atoms with Gasteiger partial charge in [-0.2, -0.15) is 0 Å². The van der Waals surface area contributed by atoms with E-state index in [9.17, 15) is 4.39 Å². The number of nitrogens with one attached hydrogen (secondary N) is 1. The molecule has 1 aliphatic rings. The normalized spacial score (nSPS) is 17.5. The van der Waals surface area contributed by atoms with Crippen LogP contribution in [0.4, 0.5) is 10.1 Å². The molecule has 1 atom stereocenters. The molecule has 16 heavy (non-hydrogen) atoms. The number of rotatable bonds is 1. The SMILES string of the molecule is CC[C@@H]1Nc2cc(F)ccc2-n2cccc21. The highest BCUT2D eigenvalue weighted by Gasteiger charge is 2.22. The van der Waals surface area contributed by atoms with E-state index in [1.807, 2.05) is 18.3 Å². The molecule has 2 aromatic rings. The Morgan fingerprint density at radius 3 is 3.06 bits per heavy atom. The van der Waals surface area contributed by atoms with Crippen LogP contribution in [0.25, 0.3) is 5.69 Å². The van der Waals surface area contributed by atoms with Gasteiger partial charge in [0.25, 0.3) is 0 Å². The molecule has 0 saturated heterocycles. The van der Waals surface area contributed by atoms with Gasteiger partial charge in [0.05, 0.1) is 17.4 Å². The summed E-state index contributed by atoms with van der Waals surface area (Å²) in [7, 11) is 0. The minimum atomic E-state index is -0.197. The van der Waals surface area contributed by atoms with Gasteiger partial charge >= 0.3 is 0 Å². The first-order chi connectivity index (χ1) is 7.79. The van der Waals surface area contributed by atoms with Crippen molar-refractivity contribution in [2.24, 2.45) is 0 Å². The lowest BCUT2D eigenvalue weighted by Gasteiger charge is -2.28. The van der Waals surface area contributed by atoms with Crippen molar-refractivity contribution in [1.29, 1.82) is 0 Å². The molecule has 1 aromatic heterocycles. The number of hydrogen-bond donors (Lipinski definition) is 1. The Morgan fingerprint density at radius 1 is 1.38 bits per heavy atom. The Hall–Kier alpha value is -1.77. The lowest BCUT2D eigenvalue weighted by atomic mass is 10.1. The minimum absolute atomic E-state index is 0.197. The maximum atomic E-state index is 13.2. The van der Waals surface area contributed by atoms with Crippen molar-refractivity contribution in [2.75, 3.05) is 5.32 Å². The number of anilines is 1. The summed E-state index contributed by atoms with van der Waals surface area (Å²) in [6.45, 7) is 2.12. The molecule has 1 aliphatic heterocycles. The molecule has 0 saturated carbocycles. The van der Waals surface area contributed by atoms with Crippen molar-refractivity contribution in [3.05, 3.63) is 48.0 Å². The molecule has 0 spiro atoms. The van der Waals surface area contributed by atoms with E-state index >= 15 is 0 Å². The third-order valence-electron chi connectivity index (χ3n) is 3.09. The first-order valence-electron chi connectivity index (χ1n) is 5.53. The number of nitrogens with zero attached hydrogens (tertiary/aromatic N) is 1. The van der Waals surface area contributed by atoms with Gasteiger partial charge in [0.15, 0.2) is 0 Å². The monoisotopic (exact) mass is 216 g/mol. The van der Waals surface area contributed by atoms with Gasteiger partial charge in [-0.3, -0.25) is 0 Å². The molecule has 1 aromatic carbocycles. The maximum absolute atomic E-state index is 13.2. The summed E-state index contributed by atoms with van der Waals surface area (Å²) in [6.07, 6.45) is 3.01. The molecule has 3 rings (SSSR count).